The first-order chi connectivity index (χ1) is 14.9. The molecule has 0 saturated heterocycles. The van der Waals surface area contributed by atoms with Gasteiger partial charge < -0.3 is 23.7 Å². The molecule has 0 radical (unpaired) electrons. The molecule has 0 heterocycles. The van der Waals surface area contributed by atoms with Gasteiger partial charge in [-0.1, -0.05) is 26.2 Å². The summed E-state index contributed by atoms with van der Waals surface area (Å²) < 4.78 is 73.8. The van der Waals surface area contributed by atoms with Crippen molar-refractivity contribution in [1.29, 1.82) is 0 Å². The molecule has 4 nitrogen and oxygen atoms in total. The third kappa shape index (κ3) is 14.3. The Morgan fingerprint density at radius 3 is 1.70 bits per heavy atom. The molecule has 12 heteroatoms. The van der Waals surface area contributed by atoms with E-state index in [9.17, 15) is 21.0 Å². The van der Waals surface area contributed by atoms with Gasteiger partial charge in [0.05, 0.1) is 27.9 Å². The quantitative estimate of drug-likeness (QED) is 0.167. The third-order valence-corrected chi connectivity index (χ3v) is 6.88. The van der Waals surface area contributed by atoms with Crippen LogP contribution in [-0.2, 0) is 0 Å². The maximum atomic E-state index is 9.84. The van der Waals surface area contributed by atoms with Gasteiger partial charge in [0.25, 0.3) is 3.57 Å². The molecule has 2 aromatic rings. The molecule has 2 aromatic carbocycles. The SMILES string of the molecule is CCCCCCOc1ccc([I+]c2c(OC)cc(OC)cc2OC)cc1.FP(F)(F)(F)F.[F-]. The first-order valence-electron chi connectivity index (χ1n) is 9.74. The Morgan fingerprint density at radius 2 is 1.27 bits per heavy atom. The van der Waals surface area contributed by atoms with Gasteiger partial charge in [0, 0.05) is 12.1 Å². The summed E-state index contributed by atoms with van der Waals surface area (Å²) in [7, 11) is -3.55. The van der Waals surface area contributed by atoms with Gasteiger partial charge in [-0.3, -0.25) is 0 Å². The molecule has 190 valence electrons. The average Bonchev–Trinajstić information content (AvgIpc) is 2.73. The van der Waals surface area contributed by atoms with Crippen molar-refractivity contribution in [2.45, 2.75) is 32.6 Å². The van der Waals surface area contributed by atoms with Gasteiger partial charge in [-0.05, 0) is 30.7 Å². The normalized spacial score (nSPS) is 11.7. The van der Waals surface area contributed by atoms with E-state index in [2.05, 4.69) is 31.2 Å². The second-order valence-electron chi connectivity index (χ2n) is 6.44. The molecule has 0 bridgehead atoms. The molecule has 0 atom stereocenters. The maximum absolute atomic E-state index is 9.84. The van der Waals surface area contributed by atoms with Crippen molar-refractivity contribution in [3.05, 3.63) is 43.5 Å². The summed E-state index contributed by atoms with van der Waals surface area (Å²) in [5.74, 6) is 3.29. The molecule has 0 unspecified atom stereocenters. The Labute approximate surface area is 200 Å². The molecular formula is C21H28F6IO4P. The number of halogens is 7. The van der Waals surface area contributed by atoms with Gasteiger partial charge in [-0.15, -0.1) is 0 Å². The van der Waals surface area contributed by atoms with Crippen molar-refractivity contribution in [3.8, 4) is 23.0 Å². The van der Waals surface area contributed by atoms with Crippen LogP contribution in [0.25, 0.3) is 0 Å². The van der Waals surface area contributed by atoms with Crippen LogP contribution in [0.15, 0.2) is 36.4 Å². The number of unbranched alkanes of at least 4 members (excludes halogenated alkanes) is 3. The Hall–Kier alpha value is -1.62. The van der Waals surface area contributed by atoms with Crippen LogP contribution in [0.1, 0.15) is 32.6 Å². The van der Waals surface area contributed by atoms with Gasteiger partial charge >= 0.3 is 50.3 Å². The van der Waals surface area contributed by atoms with E-state index in [1.807, 2.05) is 12.1 Å². The molecule has 0 aliphatic heterocycles. The van der Waals surface area contributed by atoms with Gasteiger partial charge in [-0.2, -0.15) is 0 Å². The second-order valence-corrected chi connectivity index (χ2v) is 10.6. The van der Waals surface area contributed by atoms with E-state index in [0.29, 0.717) is 0 Å². The van der Waals surface area contributed by atoms with Gasteiger partial charge in [0.15, 0.2) is 15.1 Å². The van der Waals surface area contributed by atoms with Crippen molar-refractivity contribution in [3.63, 3.8) is 0 Å². The predicted octanol–water partition coefficient (Wildman–Crippen LogP) is 1.77. The Morgan fingerprint density at radius 1 is 0.758 bits per heavy atom. The maximum Gasteiger partial charge on any atom is -1.00 e. The van der Waals surface area contributed by atoms with Crippen molar-refractivity contribution < 1.29 is 65.8 Å². The molecule has 0 aliphatic rings. The number of ether oxygens (including phenoxy) is 4. The van der Waals surface area contributed by atoms with E-state index < -0.39 is 29.4 Å². The van der Waals surface area contributed by atoms with Gasteiger partial charge in [0.1, 0.15) is 11.5 Å². The number of hydrogen-bond acceptors (Lipinski definition) is 4. The summed E-state index contributed by atoms with van der Waals surface area (Å²) in [5.41, 5.74) is 0. The topological polar surface area (TPSA) is 36.9 Å². The van der Waals surface area contributed by atoms with Crippen LogP contribution in [0, 0.1) is 7.14 Å². The van der Waals surface area contributed by atoms with E-state index in [1.54, 1.807) is 21.3 Å². The molecule has 0 fully saturated rings. The Bertz CT molecular complexity index is 790. The number of benzene rings is 2. The minimum Gasteiger partial charge on any atom is -1.00 e. The third-order valence-electron chi connectivity index (χ3n) is 3.94. The van der Waals surface area contributed by atoms with Crippen LogP contribution in [-0.4, -0.2) is 27.9 Å². The van der Waals surface area contributed by atoms with E-state index >= 15 is 0 Å². The average molecular weight is 616 g/mol. The summed E-state index contributed by atoms with van der Waals surface area (Å²) in [6.07, 6.45) is 4.87. The van der Waals surface area contributed by atoms with Crippen LogP contribution >= 0.6 is 8.16 Å². The van der Waals surface area contributed by atoms with Crippen LogP contribution in [0.3, 0.4) is 0 Å². The molecule has 0 spiro atoms. The zero-order valence-corrected chi connectivity index (χ0v) is 21.8. The molecular weight excluding hydrogens is 588 g/mol. The first-order valence-corrected chi connectivity index (χ1v) is 13.6. The van der Waals surface area contributed by atoms with Crippen molar-refractivity contribution in [2.75, 3.05) is 27.9 Å². The smallest absolute Gasteiger partial charge is 1.00 e. The summed E-state index contributed by atoms with van der Waals surface area (Å²) in [4.78, 5) is 0. The fourth-order valence-electron chi connectivity index (χ4n) is 2.48. The molecule has 0 aromatic heterocycles. The summed E-state index contributed by atoms with van der Waals surface area (Å²) in [5, 5.41) is 0. The van der Waals surface area contributed by atoms with Crippen LogP contribution in [0.2, 0.25) is 0 Å². The zero-order valence-electron chi connectivity index (χ0n) is 18.7. The fourth-order valence-corrected chi connectivity index (χ4v) is 5.10. The standard InChI is InChI=1S/C21H28IO4.F5P.FH/c1-5-6-7-8-13-26-17-11-9-16(10-12-17)22-21-19(24-3)14-18(23-2)15-20(21)25-4;1-6(2,3,4)5;/h9-12,14-15H,5-8,13H2,1-4H3;;1H/q+1;;/p-1. The van der Waals surface area contributed by atoms with Crippen molar-refractivity contribution in [1.82, 2.24) is 0 Å². The Kier molecular flexibility index (Phi) is 13.9. The van der Waals surface area contributed by atoms with Crippen molar-refractivity contribution in [2.24, 2.45) is 0 Å². The number of hydrogen-bond donors (Lipinski definition) is 0. The van der Waals surface area contributed by atoms with Crippen LogP contribution in [0.4, 0.5) is 21.0 Å². The minimum absolute atomic E-state index is 0. The molecule has 0 amide bonds. The second kappa shape index (κ2) is 14.6. The predicted molar refractivity (Wildman–Crippen MR) is 112 cm³/mol. The van der Waals surface area contributed by atoms with E-state index in [0.717, 1.165) is 39.6 Å². The fraction of sp³-hybridized carbons (Fsp3) is 0.429. The summed E-state index contributed by atoms with van der Waals surface area (Å²) >= 11 is -0.441. The van der Waals surface area contributed by atoms with E-state index in [-0.39, 0.29) is 4.70 Å². The summed E-state index contributed by atoms with van der Waals surface area (Å²) in [6.45, 7) is 3.00. The van der Waals surface area contributed by atoms with Gasteiger partial charge in [0.2, 0.25) is 0 Å². The number of rotatable bonds is 11. The first kappa shape index (κ1) is 31.4. The molecule has 2 rings (SSSR count). The Balaban J connectivity index is 0.00000129. The molecule has 0 saturated carbocycles. The van der Waals surface area contributed by atoms with E-state index in [4.69, 9.17) is 18.9 Å². The summed E-state index contributed by atoms with van der Waals surface area (Å²) in [6, 6.07) is 12.2. The minimum atomic E-state index is -8.55. The van der Waals surface area contributed by atoms with Crippen LogP contribution in [0.5, 0.6) is 23.0 Å². The van der Waals surface area contributed by atoms with Crippen molar-refractivity contribution >= 4 is 8.16 Å². The zero-order chi connectivity index (χ0) is 24.2. The molecule has 0 aliphatic carbocycles. The largest absolute Gasteiger partial charge is 1.00 e. The molecule has 0 N–H and O–H groups in total. The van der Waals surface area contributed by atoms with Crippen LogP contribution < -0.4 is 44.9 Å². The van der Waals surface area contributed by atoms with E-state index in [1.165, 1.54) is 22.8 Å². The number of methoxy groups -OCH3 is 3. The van der Waals surface area contributed by atoms with Gasteiger partial charge in [-0.25, -0.2) is 0 Å². The molecule has 33 heavy (non-hydrogen) atoms. The monoisotopic (exact) mass is 616 g/mol.